The maximum absolute atomic E-state index is 14.2. The van der Waals surface area contributed by atoms with Crippen LogP contribution in [0.15, 0.2) is 18.2 Å². The Morgan fingerprint density at radius 3 is 2.57 bits per heavy atom. The number of hydrogen-bond acceptors (Lipinski definition) is 4. The van der Waals surface area contributed by atoms with Crippen LogP contribution in [0, 0.1) is 21.8 Å². The van der Waals surface area contributed by atoms with Crippen LogP contribution in [-0.4, -0.2) is 30.0 Å². The van der Waals surface area contributed by atoms with Gasteiger partial charge < -0.3 is 9.64 Å². The van der Waals surface area contributed by atoms with Crippen molar-refractivity contribution in [3.63, 3.8) is 0 Å². The lowest BCUT2D eigenvalue weighted by Crippen LogP contribution is -2.46. The lowest BCUT2D eigenvalue weighted by atomic mass is 10.0. The lowest BCUT2D eigenvalue weighted by Gasteiger charge is -2.32. The number of anilines is 1. The first-order valence-corrected chi connectivity index (χ1v) is 7.02. The summed E-state index contributed by atoms with van der Waals surface area (Å²) in [5, 5.41) is 10.6. The van der Waals surface area contributed by atoms with E-state index < -0.39 is 34.9 Å². The van der Waals surface area contributed by atoms with E-state index in [1.165, 1.54) is 0 Å². The Morgan fingerprint density at radius 1 is 1.43 bits per heavy atom. The van der Waals surface area contributed by atoms with Gasteiger partial charge in [-0.05, 0) is 18.4 Å². The first-order chi connectivity index (χ1) is 10.6. The summed E-state index contributed by atoms with van der Waals surface area (Å²) in [7, 11) is 0. The smallest absolute Gasteiger partial charge is 0.348 e. The zero-order valence-corrected chi connectivity index (χ0v) is 12.5. The fourth-order valence-electron chi connectivity index (χ4n) is 2.67. The van der Waals surface area contributed by atoms with E-state index in [0.717, 1.165) is 17.0 Å². The summed E-state index contributed by atoms with van der Waals surface area (Å²) in [6, 6.07) is 1.94. The molecule has 128 valence electrons. The van der Waals surface area contributed by atoms with Crippen LogP contribution in [0.4, 0.5) is 28.9 Å². The van der Waals surface area contributed by atoms with Crippen molar-refractivity contribution in [3.8, 4) is 0 Å². The Labute approximate surface area is 130 Å². The van der Waals surface area contributed by atoms with Crippen LogP contribution < -0.4 is 4.90 Å². The number of alkyl halides is 3. The van der Waals surface area contributed by atoms with Crippen molar-refractivity contribution in [2.45, 2.75) is 38.7 Å². The van der Waals surface area contributed by atoms with Crippen LogP contribution >= 0.6 is 0 Å². The molecule has 2 rings (SSSR count). The number of hydrogen-bond donors (Lipinski definition) is 0. The second-order valence-corrected chi connectivity index (χ2v) is 5.81. The van der Waals surface area contributed by atoms with Crippen molar-refractivity contribution in [1.29, 1.82) is 0 Å². The highest BCUT2D eigenvalue weighted by Gasteiger charge is 2.51. The molecule has 0 saturated carbocycles. The minimum atomic E-state index is -4.69. The molecule has 1 aromatic carbocycles. The molecule has 9 heteroatoms. The Bertz CT molecular complexity index is 592. The number of halogens is 4. The molecule has 5 nitrogen and oxygen atoms in total. The molecule has 0 unspecified atom stereocenters. The van der Waals surface area contributed by atoms with E-state index in [1.807, 2.05) is 13.8 Å². The number of nitro benzene ring substituents is 1. The molecule has 0 N–H and O–H groups in total. The van der Waals surface area contributed by atoms with Gasteiger partial charge in [-0.15, -0.1) is 0 Å². The van der Waals surface area contributed by atoms with E-state index in [2.05, 4.69) is 0 Å². The van der Waals surface area contributed by atoms with Gasteiger partial charge in [0.2, 0.25) is 6.23 Å². The predicted molar refractivity (Wildman–Crippen MR) is 74.6 cm³/mol. The van der Waals surface area contributed by atoms with Gasteiger partial charge in [0.25, 0.3) is 5.69 Å². The molecule has 2 atom stereocenters. The summed E-state index contributed by atoms with van der Waals surface area (Å²) < 4.78 is 58.4. The SMILES string of the molecule is CC(C)C[C@@H]1CO[C@H](C(F)(F)F)N1c1ccc([N+](=O)[O-])cc1F. The van der Waals surface area contributed by atoms with Crippen LogP contribution in [0.2, 0.25) is 0 Å². The third-order valence-electron chi connectivity index (χ3n) is 3.54. The Balaban J connectivity index is 2.42. The summed E-state index contributed by atoms with van der Waals surface area (Å²) >= 11 is 0. The average molecular weight is 336 g/mol. The predicted octanol–water partition coefficient (Wildman–Crippen LogP) is 3.87. The first kappa shape index (κ1) is 17.5. The molecule has 1 aliphatic rings. The van der Waals surface area contributed by atoms with Gasteiger partial charge >= 0.3 is 6.18 Å². The molecule has 1 aliphatic heterocycles. The molecule has 0 amide bonds. The molecular weight excluding hydrogens is 320 g/mol. The van der Waals surface area contributed by atoms with Crippen molar-refractivity contribution in [2.75, 3.05) is 11.5 Å². The number of non-ortho nitro benzene ring substituents is 1. The number of ether oxygens (including phenoxy) is 1. The molecule has 1 aromatic rings. The zero-order chi connectivity index (χ0) is 17.4. The van der Waals surface area contributed by atoms with Gasteiger partial charge in [-0.2, -0.15) is 13.2 Å². The van der Waals surface area contributed by atoms with Gasteiger partial charge in [0.1, 0.15) is 0 Å². The molecule has 0 bridgehead atoms. The summed E-state index contributed by atoms with van der Waals surface area (Å²) in [5.41, 5.74) is -0.864. The van der Waals surface area contributed by atoms with Crippen molar-refractivity contribution in [3.05, 3.63) is 34.1 Å². The summed E-state index contributed by atoms with van der Waals surface area (Å²) in [6.45, 7) is 3.50. The maximum Gasteiger partial charge on any atom is 0.433 e. The summed E-state index contributed by atoms with van der Waals surface area (Å²) in [6.07, 6.45) is -6.58. The van der Waals surface area contributed by atoms with E-state index >= 15 is 0 Å². The maximum atomic E-state index is 14.2. The highest BCUT2D eigenvalue weighted by atomic mass is 19.4. The van der Waals surface area contributed by atoms with Gasteiger partial charge in [0, 0.05) is 6.07 Å². The van der Waals surface area contributed by atoms with E-state index in [-0.39, 0.29) is 18.2 Å². The molecule has 0 aromatic heterocycles. The molecular formula is C14H16F4N2O3. The van der Waals surface area contributed by atoms with Crippen molar-refractivity contribution >= 4 is 11.4 Å². The van der Waals surface area contributed by atoms with Crippen LogP contribution in [-0.2, 0) is 4.74 Å². The molecule has 1 heterocycles. The van der Waals surface area contributed by atoms with Gasteiger partial charge in [0.05, 0.1) is 29.3 Å². The highest BCUT2D eigenvalue weighted by molar-refractivity contribution is 5.54. The molecule has 0 radical (unpaired) electrons. The van der Waals surface area contributed by atoms with Crippen LogP contribution in [0.3, 0.4) is 0 Å². The molecule has 0 spiro atoms. The number of benzene rings is 1. The molecule has 23 heavy (non-hydrogen) atoms. The van der Waals surface area contributed by atoms with Crippen molar-refractivity contribution in [1.82, 2.24) is 0 Å². The Hall–Kier alpha value is -1.90. The quantitative estimate of drug-likeness (QED) is 0.476. The van der Waals surface area contributed by atoms with Crippen LogP contribution in [0.1, 0.15) is 20.3 Å². The molecule has 1 saturated heterocycles. The minimum Gasteiger partial charge on any atom is -0.348 e. The van der Waals surface area contributed by atoms with Gasteiger partial charge in [-0.25, -0.2) is 4.39 Å². The number of nitro groups is 1. The fraction of sp³-hybridized carbons (Fsp3) is 0.571. The second kappa shape index (κ2) is 6.31. The normalized spacial score (nSPS) is 22.0. The number of nitrogens with zero attached hydrogens (tertiary/aromatic N) is 2. The summed E-state index contributed by atoms with van der Waals surface area (Å²) in [5.74, 6) is -0.994. The largest absolute Gasteiger partial charge is 0.433 e. The summed E-state index contributed by atoms with van der Waals surface area (Å²) in [4.78, 5) is 10.7. The van der Waals surface area contributed by atoms with Gasteiger partial charge in [0.15, 0.2) is 5.82 Å². The molecule has 0 aliphatic carbocycles. The fourth-order valence-corrected chi connectivity index (χ4v) is 2.67. The second-order valence-electron chi connectivity index (χ2n) is 5.81. The topological polar surface area (TPSA) is 55.6 Å². The van der Waals surface area contributed by atoms with Crippen LogP contribution in [0.5, 0.6) is 0 Å². The van der Waals surface area contributed by atoms with E-state index in [1.54, 1.807) is 0 Å². The van der Waals surface area contributed by atoms with Gasteiger partial charge in [-0.3, -0.25) is 10.1 Å². The monoisotopic (exact) mass is 336 g/mol. The Kier molecular flexibility index (Phi) is 4.79. The minimum absolute atomic E-state index is 0.0826. The third-order valence-corrected chi connectivity index (χ3v) is 3.54. The molecule has 1 fully saturated rings. The van der Waals surface area contributed by atoms with Crippen molar-refractivity contribution in [2.24, 2.45) is 5.92 Å². The van der Waals surface area contributed by atoms with E-state index in [4.69, 9.17) is 4.74 Å². The standard InChI is InChI=1S/C14H16F4N2O3/c1-8(2)5-10-7-23-13(14(16,17)18)19(10)12-4-3-9(20(21)22)6-11(12)15/h3-4,6,8,10,13H,5,7H2,1-2H3/t10-,13-/m1/s1. The first-order valence-electron chi connectivity index (χ1n) is 7.02. The lowest BCUT2D eigenvalue weighted by molar-refractivity contribution is -0.385. The van der Waals surface area contributed by atoms with Gasteiger partial charge in [-0.1, -0.05) is 13.8 Å². The average Bonchev–Trinajstić information content (AvgIpc) is 2.81. The zero-order valence-electron chi connectivity index (χ0n) is 12.5. The van der Waals surface area contributed by atoms with Crippen molar-refractivity contribution < 1.29 is 27.2 Å². The third kappa shape index (κ3) is 3.72. The number of rotatable bonds is 4. The Morgan fingerprint density at radius 2 is 2.09 bits per heavy atom. The van der Waals surface area contributed by atoms with E-state index in [0.29, 0.717) is 12.5 Å². The highest BCUT2D eigenvalue weighted by Crippen LogP contribution is 2.39. The van der Waals surface area contributed by atoms with E-state index in [9.17, 15) is 27.7 Å². The van der Waals surface area contributed by atoms with Crippen LogP contribution in [0.25, 0.3) is 0 Å².